The Morgan fingerprint density at radius 2 is 1.61 bits per heavy atom. The van der Waals surface area contributed by atoms with Crippen molar-refractivity contribution < 1.29 is 14.7 Å². The van der Waals surface area contributed by atoms with Crippen molar-refractivity contribution in [2.75, 3.05) is 5.32 Å². The van der Waals surface area contributed by atoms with E-state index in [0.29, 0.717) is 0 Å². The molecule has 0 unspecified atom stereocenters. The lowest BCUT2D eigenvalue weighted by molar-refractivity contribution is -0.114. The zero-order valence-electron chi connectivity index (χ0n) is 15.1. The standard InChI is InChI=1S/C22H17N3O3/c1-14(26)23-17-10-6-15(7-11-17)21-19-4-2-3-5-20(19)25(24-21)18-12-8-16(9-13-18)22(27)28/h2-13H,1H3,(H,23,26)(H,27,28). The Balaban J connectivity index is 1.80. The molecule has 0 aliphatic heterocycles. The van der Waals surface area contributed by atoms with E-state index in [4.69, 9.17) is 10.2 Å². The number of nitrogens with one attached hydrogen (secondary N) is 1. The number of carboxylic acid groups (broad SMARTS) is 1. The van der Waals surface area contributed by atoms with E-state index in [1.165, 1.54) is 6.92 Å². The monoisotopic (exact) mass is 371 g/mol. The summed E-state index contributed by atoms with van der Waals surface area (Å²) in [5.41, 5.74) is 4.39. The molecule has 1 amide bonds. The Labute approximate surface area is 161 Å². The number of nitrogens with zero attached hydrogens (tertiary/aromatic N) is 2. The average Bonchev–Trinajstić information content (AvgIpc) is 3.08. The molecule has 138 valence electrons. The van der Waals surface area contributed by atoms with E-state index < -0.39 is 5.97 Å². The molecule has 1 heterocycles. The molecule has 0 saturated heterocycles. The number of aromatic nitrogens is 2. The number of benzene rings is 3. The number of rotatable bonds is 4. The molecule has 1 aromatic heterocycles. The maximum atomic E-state index is 11.2. The third kappa shape index (κ3) is 3.23. The SMILES string of the molecule is CC(=O)Nc1ccc(-c2nn(-c3ccc(C(=O)O)cc3)c3ccccc23)cc1. The first-order valence-electron chi connectivity index (χ1n) is 8.72. The van der Waals surface area contributed by atoms with Gasteiger partial charge in [-0.2, -0.15) is 5.10 Å². The van der Waals surface area contributed by atoms with Gasteiger partial charge in [0.2, 0.25) is 5.91 Å². The Morgan fingerprint density at radius 3 is 2.25 bits per heavy atom. The predicted octanol–water partition coefficient (Wildman–Crippen LogP) is 4.35. The summed E-state index contributed by atoms with van der Waals surface area (Å²) < 4.78 is 1.80. The number of amides is 1. The van der Waals surface area contributed by atoms with Crippen LogP contribution in [-0.2, 0) is 4.79 Å². The number of para-hydroxylation sites is 1. The summed E-state index contributed by atoms with van der Waals surface area (Å²) in [6.45, 7) is 1.47. The van der Waals surface area contributed by atoms with Gasteiger partial charge in [-0.1, -0.05) is 30.3 Å². The van der Waals surface area contributed by atoms with Crippen molar-refractivity contribution in [2.24, 2.45) is 0 Å². The lowest BCUT2D eigenvalue weighted by atomic mass is 10.1. The summed E-state index contributed by atoms with van der Waals surface area (Å²) in [4.78, 5) is 22.3. The van der Waals surface area contributed by atoms with E-state index in [-0.39, 0.29) is 11.5 Å². The van der Waals surface area contributed by atoms with Crippen molar-refractivity contribution >= 4 is 28.5 Å². The van der Waals surface area contributed by atoms with Crippen LogP contribution < -0.4 is 5.32 Å². The smallest absolute Gasteiger partial charge is 0.335 e. The van der Waals surface area contributed by atoms with Crippen molar-refractivity contribution in [2.45, 2.75) is 6.92 Å². The van der Waals surface area contributed by atoms with Gasteiger partial charge in [-0.25, -0.2) is 9.48 Å². The molecule has 0 radical (unpaired) electrons. The van der Waals surface area contributed by atoms with Gasteiger partial charge in [-0.3, -0.25) is 4.79 Å². The summed E-state index contributed by atoms with van der Waals surface area (Å²) in [5, 5.41) is 17.6. The maximum Gasteiger partial charge on any atom is 0.335 e. The summed E-state index contributed by atoms with van der Waals surface area (Å²) >= 11 is 0. The number of hydrogen-bond acceptors (Lipinski definition) is 3. The fourth-order valence-electron chi connectivity index (χ4n) is 3.14. The molecule has 4 rings (SSSR count). The summed E-state index contributed by atoms with van der Waals surface area (Å²) in [5.74, 6) is -1.08. The van der Waals surface area contributed by atoms with Crippen molar-refractivity contribution in [3.8, 4) is 16.9 Å². The van der Waals surface area contributed by atoms with Gasteiger partial charge >= 0.3 is 5.97 Å². The third-order valence-electron chi connectivity index (χ3n) is 4.42. The van der Waals surface area contributed by atoms with Crippen LogP contribution in [0, 0.1) is 0 Å². The first-order valence-corrected chi connectivity index (χ1v) is 8.72. The summed E-state index contributed by atoms with van der Waals surface area (Å²) in [6.07, 6.45) is 0. The Hall–Kier alpha value is -3.93. The van der Waals surface area contributed by atoms with E-state index in [1.54, 1.807) is 28.9 Å². The number of carbonyl (C=O) groups is 2. The lowest BCUT2D eigenvalue weighted by Gasteiger charge is -2.04. The molecule has 0 fully saturated rings. The van der Waals surface area contributed by atoms with Gasteiger partial charge in [0.15, 0.2) is 0 Å². The van der Waals surface area contributed by atoms with Crippen LogP contribution in [0.1, 0.15) is 17.3 Å². The topological polar surface area (TPSA) is 84.2 Å². The van der Waals surface area contributed by atoms with Gasteiger partial charge in [0.05, 0.1) is 16.8 Å². The molecule has 28 heavy (non-hydrogen) atoms. The molecule has 0 atom stereocenters. The van der Waals surface area contributed by atoms with E-state index in [2.05, 4.69) is 5.32 Å². The number of hydrogen-bond donors (Lipinski definition) is 2. The quantitative estimate of drug-likeness (QED) is 0.559. The molecular weight excluding hydrogens is 354 g/mol. The van der Waals surface area contributed by atoms with Gasteiger partial charge in [0, 0.05) is 23.6 Å². The minimum Gasteiger partial charge on any atom is -0.478 e. The number of carbonyl (C=O) groups excluding carboxylic acids is 1. The second-order valence-electron chi connectivity index (χ2n) is 6.39. The van der Waals surface area contributed by atoms with Crippen LogP contribution in [-0.4, -0.2) is 26.8 Å². The minimum absolute atomic E-state index is 0.118. The van der Waals surface area contributed by atoms with Gasteiger partial charge in [-0.15, -0.1) is 0 Å². The van der Waals surface area contributed by atoms with Crippen LogP contribution in [0.15, 0.2) is 72.8 Å². The van der Waals surface area contributed by atoms with E-state index >= 15 is 0 Å². The predicted molar refractivity (Wildman–Crippen MR) is 108 cm³/mol. The molecule has 0 bridgehead atoms. The van der Waals surface area contributed by atoms with E-state index in [9.17, 15) is 9.59 Å². The lowest BCUT2D eigenvalue weighted by Crippen LogP contribution is -2.05. The molecule has 0 aliphatic rings. The van der Waals surface area contributed by atoms with Crippen LogP contribution in [0.25, 0.3) is 27.8 Å². The number of carboxylic acids is 1. The number of aromatic carboxylic acids is 1. The highest BCUT2D eigenvalue weighted by atomic mass is 16.4. The van der Waals surface area contributed by atoms with Crippen molar-refractivity contribution in [1.29, 1.82) is 0 Å². The molecule has 2 N–H and O–H groups in total. The van der Waals surface area contributed by atoms with Crippen LogP contribution in [0.2, 0.25) is 0 Å². The highest BCUT2D eigenvalue weighted by Crippen LogP contribution is 2.30. The highest BCUT2D eigenvalue weighted by Gasteiger charge is 2.14. The van der Waals surface area contributed by atoms with Crippen molar-refractivity contribution in [3.63, 3.8) is 0 Å². The van der Waals surface area contributed by atoms with Gasteiger partial charge in [0.1, 0.15) is 5.69 Å². The zero-order valence-corrected chi connectivity index (χ0v) is 15.1. The van der Waals surface area contributed by atoms with E-state index in [1.807, 2.05) is 48.5 Å². The fraction of sp³-hybridized carbons (Fsp3) is 0.0455. The molecular formula is C22H17N3O3. The number of anilines is 1. The van der Waals surface area contributed by atoms with Gasteiger partial charge < -0.3 is 10.4 Å². The van der Waals surface area contributed by atoms with Crippen LogP contribution in [0.5, 0.6) is 0 Å². The second-order valence-corrected chi connectivity index (χ2v) is 6.39. The van der Waals surface area contributed by atoms with E-state index in [0.717, 1.165) is 33.5 Å². The fourth-order valence-corrected chi connectivity index (χ4v) is 3.14. The van der Waals surface area contributed by atoms with Gasteiger partial charge in [0.25, 0.3) is 0 Å². The zero-order chi connectivity index (χ0) is 19.7. The van der Waals surface area contributed by atoms with Crippen molar-refractivity contribution in [3.05, 3.63) is 78.4 Å². The third-order valence-corrected chi connectivity index (χ3v) is 4.42. The van der Waals surface area contributed by atoms with Crippen LogP contribution in [0.4, 0.5) is 5.69 Å². The van der Waals surface area contributed by atoms with Gasteiger partial charge in [-0.05, 0) is 42.5 Å². The first kappa shape index (κ1) is 17.5. The Bertz CT molecular complexity index is 1180. The average molecular weight is 371 g/mol. The second kappa shape index (κ2) is 7.00. The minimum atomic E-state index is -0.961. The molecule has 0 aliphatic carbocycles. The maximum absolute atomic E-state index is 11.2. The Morgan fingerprint density at radius 1 is 0.929 bits per heavy atom. The Kier molecular flexibility index (Phi) is 4.37. The highest BCUT2D eigenvalue weighted by molar-refractivity contribution is 5.95. The molecule has 3 aromatic carbocycles. The first-order chi connectivity index (χ1) is 13.5. The largest absolute Gasteiger partial charge is 0.478 e. The van der Waals surface area contributed by atoms with Crippen LogP contribution >= 0.6 is 0 Å². The summed E-state index contributed by atoms with van der Waals surface area (Å²) in [7, 11) is 0. The molecule has 4 aromatic rings. The summed E-state index contributed by atoms with van der Waals surface area (Å²) in [6, 6.07) is 22.0. The van der Waals surface area contributed by atoms with Crippen LogP contribution in [0.3, 0.4) is 0 Å². The normalized spacial score (nSPS) is 10.8. The number of fused-ring (bicyclic) bond motifs is 1. The molecule has 6 heteroatoms. The molecule has 0 spiro atoms. The van der Waals surface area contributed by atoms with Crippen molar-refractivity contribution in [1.82, 2.24) is 9.78 Å². The molecule has 6 nitrogen and oxygen atoms in total. The molecule has 0 saturated carbocycles.